The minimum Gasteiger partial charge on any atom is -0.508 e. The number of fused-ring (bicyclic) bond motifs is 3. The van der Waals surface area contributed by atoms with Crippen molar-refractivity contribution < 1.29 is 39.6 Å². The molecule has 174 valence electrons. The van der Waals surface area contributed by atoms with Gasteiger partial charge in [-0.3, -0.25) is 19.2 Å². The first-order valence-corrected chi connectivity index (χ1v) is 11.1. The second-order valence-electron chi connectivity index (χ2n) is 8.76. The Morgan fingerprint density at radius 2 is 1.82 bits per heavy atom. The number of primary amides is 1. The van der Waals surface area contributed by atoms with E-state index in [-0.39, 0.29) is 41.2 Å². The van der Waals surface area contributed by atoms with Crippen molar-refractivity contribution in [2.75, 3.05) is 14.1 Å². The third-order valence-corrected chi connectivity index (χ3v) is 7.96. The van der Waals surface area contributed by atoms with E-state index < -0.39 is 55.9 Å². The van der Waals surface area contributed by atoms with Crippen LogP contribution in [-0.2, 0) is 20.8 Å². The van der Waals surface area contributed by atoms with Crippen molar-refractivity contribution in [3.05, 3.63) is 45.7 Å². The number of phenols is 1. The molecule has 0 heterocycles. The number of Topliss-reactive ketones (excluding diaryl/α,β-unsaturated/α-hetero) is 2. The lowest BCUT2D eigenvalue weighted by Crippen LogP contribution is -2.61. The number of aliphatic hydroxyl groups is 3. The Kier molecular flexibility index (Phi) is 5.13. The molecule has 4 rings (SSSR count). The quantitative estimate of drug-likeness (QED) is 0.196. The molecule has 0 radical (unpaired) electrons. The Balaban J connectivity index is 1.99. The molecule has 33 heavy (non-hydrogen) atoms. The normalized spacial score (nSPS) is 28.8. The minimum absolute atomic E-state index is 0.0330. The molecule has 3 aliphatic rings. The molecule has 6 N–H and O–H groups in total. The molecule has 3 atom stereocenters. The lowest BCUT2D eigenvalue weighted by molar-refractivity contribution is -0.146. The van der Waals surface area contributed by atoms with Gasteiger partial charge in [-0.2, -0.15) is 0 Å². The molecule has 11 heteroatoms. The fraction of sp³-hybridized carbons (Fsp3) is 0.364. The van der Waals surface area contributed by atoms with Crippen LogP contribution >= 0.6 is 22.6 Å². The third kappa shape index (κ3) is 3.01. The molecule has 0 saturated heterocycles. The highest BCUT2D eigenvalue weighted by atomic mass is 127. The predicted molar refractivity (Wildman–Crippen MR) is 123 cm³/mol. The van der Waals surface area contributed by atoms with Gasteiger partial charge in [-0.05, 0) is 30.5 Å². The largest absolute Gasteiger partial charge is 0.508 e. The summed E-state index contributed by atoms with van der Waals surface area (Å²) < 4.78 is -1.16. The summed E-state index contributed by atoms with van der Waals surface area (Å²) in [6, 6.07) is 2.65. The van der Waals surface area contributed by atoms with Crippen LogP contribution in [0.3, 0.4) is 0 Å². The van der Waals surface area contributed by atoms with E-state index >= 15 is 0 Å². The van der Waals surface area contributed by atoms with Crippen LogP contribution in [0.25, 0.3) is 5.76 Å². The molecule has 3 aliphatic carbocycles. The van der Waals surface area contributed by atoms with E-state index in [4.69, 9.17) is 5.73 Å². The monoisotopic (exact) mass is 568 g/mol. The second kappa shape index (κ2) is 7.29. The molecule has 0 aromatic heterocycles. The highest BCUT2D eigenvalue weighted by Gasteiger charge is 2.64. The number of aromatic hydroxyl groups is 1. The molecule has 0 spiro atoms. The van der Waals surface area contributed by atoms with Crippen LogP contribution in [-0.4, -0.2) is 71.8 Å². The molecule has 2 amide bonds. The summed E-state index contributed by atoms with van der Waals surface area (Å²) in [5.74, 6) is -6.78. The molecule has 1 unspecified atom stereocenters. The molecule has 1 fully saturated rings. The summed E-state index contributed by atoms with van der Waals surface area (Å²) in [7, 11) is 3.10. The number of phenolic OH excluding ortho intramolecular Hbond substituents is 1. The number of ketones is 2. The lowest BCUT2D eigenvalue weighted by atomic mass is 9.59. The smallest absolute Gasteiger partial charge is 0.255 e. The summed E-state index contributed by atoms with van der Waals surface area (Å²) in [5, 5.41) is 43.5. The van der Waals surface area contributed by atoms with Gasteiger partial charge >= 0.3 is 0 Å². The maximum atomic E-state index is 13.6. The molecule has 1 aromatic rings. The topological polar surface area (TPSA) is 178 Å². The first-order chi connectivity index (χ1) is 15.3. The Bertz CT molecular complexity index is 1230. The molecule has 10 nitrogen and oxygen atoms in total. The van der Waals surface area contributed by atoms with Gasteiger partial charge in [-0.15, -0.1) is 0 Å². The van der Waals surface area contributed by atoms with Crippen LogP contribution < -0.4 is 5.73 Å². The number of carbonyl (C=O) groups is 4. The van der Waals surface area contributed by atoms with Gasteiger partial charge in [0, 0.05) is 32.0 Å². The molecule has 0 aliphatic heterocycles. The van der Waals surface area contributed by atoms with Crippen LogP contribution in [0.4, 0.5) is 0 Å². The van der Waals surface area contributed by atoms with Crippen LogP contribution in [0.1, 0.15) is 34.3 Å². The fourth-order valence-corrected chi connectivity index (χ4v) is 6.47. The number of nitrogens with two attached hydrogens (primary N) is 1. The van der Waals surface area contributed by atoms with Crippen molar-refractivity contribution in [2.45, 2.75) is 28.3 Å². The van der Waals surface area contributed by atoms with Gasteiger partial charge in [0.1, 0.15) is 22.8 Å². The van der Waals surface area contributed by atoms with Crippen molar-refractivity contribution in [3.8, 4) is 5.75 Å². The van der Waals surface area contributed by atoms with E-state index in [0.29, 0.717) is 5.56 Å². The Morgan fingerprint density at radius 1 is 1.18 bits per heavy atom. The Labute approximate surface area is 201 Å². The molecule has 1 saturated carbocycles. The summed E-state index contributed by atoms with van der Waals surface area (Å²) in [6.45, 7) is 0. The zero-order valence-electron chi connectivity index (χ0n) is 17.7. The molecule has 0 bridgehead atoms. The second-order valence-corrected chi connectivity index (χ2v) is 10.8. The van der Waals surface area contributed by atoms with Crippen molar-refractivity contribution >= 4 is 51.7 Å². The number of aliphatic hydroxyl groups excluding tert-OH is 2. The SMILES string of the molecule is CN(C)C(=O)c1ccc(O)c2c1C[C@@]1(I)C[C@H]3CC(=O)C(C(N)=O)=C(O)C3(O)C(=O)C1=C2O. The highest BCUT2D eigenvalue weighted by Crippen LogP contribution is 2.57. The summed E-state index contributed by atoms with van der Waals surface area (Å²) >= 11 is 1.94. The number of carbonyl (C=O) groups excluding carboxylic acids is 4. The van der Waals surface area contributed by atoms with Crippen LogP contribution in [0.2, 0.25) is 0 Å². The number of amides is 2. The van der Waals surface area contributed by atoms with E-state index in [9.17, 15) is 39.6 Å². The predicted octanol–water partition coefficient (Wildman–Crippen LogP) is 0.683. The van der Waals surface area contributed by atoms with Gasteiger partial charge < -0.3 is 31.1 Å². The van der Waals surface area contributed by atoms with Crippen molar-refractivity contribution in [1.82, 2.24) is 4.90 Å². The number of rotatable bonds is 2. The summed E-state index contributed by atoms with van der Waals surface area (Å²) in [5.41, 5.74) is 1.85. The fourth-order valence-electron chi connectivity index (χ4n) is 5.05. The van der Waals surface area contributed by atoms with Gasteiger partial charge in [0.25, 0.3) is 11.8 Å². The van der Waals surface area contributed by atoms with Crippen LogP contribution in [0.5, 0.6) is 5.75 Å². The van der Waals surface area contributed by atoms with E-state index in [1.807, 2.05) is 22.6 Å². The van der Waals surface area contributed by atoms with Crippen LogP contribution in [0.15, 0.2) is 29.0 Å². The maximum Gasteiger partial charge on any atom is 0.255 e. The lowest BCUT2D eigenvalue weighted by Gasteiger charge is -2.49. The first kappa shape index (κ1) is 23.2. The number of halogens is 1. The standard InChI is InChI=1S/C22H21IN2O8/c1-25(2)20(32)9-3-4-11(26)13-10(9)7-21(23)6-8-5-12(27)14(19(24)31)17(29)22(8,33)18(30)15(21)16(13)28/h3-4,8,26,28-29,33H,5-7H2,1-2H3,(H2,24,31)/t8-,21+,22?/m1/s1. The first-order valence-electron chi connectivity index (χ1n) is 9.99. The molecular formula is C22H21IN2O8. The van der Waals surface area contributed by atoms with E-state index in [0.717, 1.165) is 0 Å². The average molecular weight is 568 g/mol. The molecule has 1 aromatic carbocycles. The average Bonchev–Trinajstić information content (AvgIpc) is 2.69. The Hall–Kier alpha value is -2.93. The molecular weight excluding hydrogens is 547 g/mol. The minimum atomic E-state index is -2.64. The van der Waals surface area contributed by atoms with Gasteiger partial charge in [-0.25, -0.2) is 0 Å². The van der Waals surface area contributed by atoms with Crippen molar-refractivity contribution in [2.24, 2.45) is 11.7 Å². The third-order valence-electron chi connectivity index (χ3n) is 6.59. The van der Waals surface area contributed by atoms with Gasteiger partial charge in [0.05, 0.1) is 14.6 Å². The highest BCUT2D eigenvalue weighted by molar-refractivity contribution is 14.1. The Morgan fingerprint density at radius 3 is 2.39 bits per heavy atom. The van der Waals surface area contributed by atoms with Crippen molar-refractivity contribution in [1.29, 1.82) is 0 Å². The zero-order chi connectivity index (χ0) is 24.6. The summed E-state index contributed by atoms with van der Waals surface area (Å²) in [4.78, 5) is 51.8. The number of hydrogen-bond acceptors (Lipinski definition) is 8. The number of benzene rings is 1. The zero-order valence-corrected chi connectivity index (χ0v) is 19.8. The van der Waals surface area contributed by atoms with E-state index in [1.165, 1.54) is 17.0 Å². The number of alkyl halides is 1. The van der Waals surface area contributed by atoms with Crippen LogP contribution in [0, 0.1) is 5.92 Å². The summed E-state index contributed by atoms with van der Waals surface area (Å²) in [6.07, 6.45) is -0.424. The van der Waals surface area contributed by atoms with E-state index in [2.05, 4.69) is 0 Å². The van der Waals surface area contributed by atoms with Gasteiger partial charge in [-0.1, -0.05) is 22.6 Å². The maximum absolute atomic E-state index is 13.6. The van der Waals surface area contributed by atoms with Crippen molar-refractivity contribution in [3.63, 3.8) is 0 Å². The van der Waals surface area contributed by atoms with Gasteiger partial charge in [0.15, 0.2) is 11.4 Å². The van der Waals surface area contributed by atoms with E-state index in [1.54, 1.807) is 14.1 Å². The number of nitrogens with zero attached hydrogens (tertiary/aromatic N) is 1. The number of hydrogen-bond donors (Lipinski definition) is 5. The van der Waals surface area contributed by atoms with Gasteiger partial charge in [0.2, 0.25) is 5.78 Å².